The lowest BCUT2D eigenvalue weighted by atomic mass is 9.81. The number of unbranched alkanes of at least 4 members (excludes halogenated alkanes) is 6. The molecule has 0 aliphatic heterocycles. The number of hydrogen-bond donors (Lipinski definition) is 0. The minimum absolute atomic E-state index is 0.452. The van der Waals surface area contributed by atoms with Crippen LogP contribution in [0.4, 0.5) is 0 Å². The second kappa shape index (κ2) is 13.8. The van der Waals surface area contributed by atoms with Crippen LogP contribution in [0, 0.1) is 0 Å². The van der Waals surface area contributed by atoms with E-state index in [4.69, 9.17) is 9.47 Å². The Morgan fingerprint density at radius 2 is 1.06 bits per heavy atom. The van der Waals surface area contributed by atoms with Crippen molar-refractivity contribution < 1.29 is 9.47 Å². The second-order valence-corrected chi connectivity index (χ2v) is 8.44. The van der Waals surface area contributed by atoms with E-state index < -0.39 is 5.60 Å². The van der Waals surface area contributed by atoms with Crippen molar-refractivity contribution in [1.29, 1.82) is 0 Å². The third kappa shape index (κ3) is 7.24. The summed E-state index contributed by atoms with van der Waals surface area (Å²) in [5.74, 6) is 0.883. The van der Waals surface area contributed by atoms with Crippen LogP contribution in [0.5, 0.6) is 5.75 Å². The predicted octanol–water partition coefficient (Wildman–Crippen LogP) is 8.17. The van der Waals surface area contributed by atoms with E-state index in [2.05, 4.69) is 67.6 Å². The van der Waals surface area contributed by atoms with E-state index >= 15 is 0 Å². The van der Waals surface area contributed by atoms with Crippen molar-refractivity contribution in [3.63, 3.8) is 0 Å². The van der Waals surface area contributed by atoms with E-state index in [9.17, 15) is 0 Å². The summed E-state index contributed by atoms with van der Waals surface area (Å²) in [5.41, 5.74) is 1.99. The fourth-order valence-corrected chi connectivity index (χ4v) is 4.33. The zero-order valence-electron chi connectivity index (χ0n) is 19.5. The van der Waals surface area contributed by atoms with E-state index in [-0.39, 0.29) is 0 Å². The van der Waals surface area contributed by atoms with Crippen molar-refractivity contribution in [1.82, 2.24) is 0 Å². The van der Waals surface area contributed by atoms with E-state index in [1.54, 1.807) is 0 Å². The Morgan fingerprint density at radius 1 is 0.562 bits per heavy atom. The van der Waals surface area contributed by atoms with Crippen molar-refractivity contribution in [2.24, 2.45) is 0 Å². The van der Waals surface area contributed by atoms with E-state index in [1.807, 2.05) is 30.3 Å². The Balaban J connectivity index is 1.71. The lowest BCUT2D eigenvalue weighted by Crippen LogP contribution is -2.33. The maximum absolute atomic E-state index is 6.74. The molecule has 0 aromatic heterocycles. The number of rotatable bonds is 15. The Hall–Kier alpha value is -2.58. The number of para-hydroxylation sites is 1. The average molecular weight is 431 g/mol. The molecule has 3 aromatic rings. The highest BCUT2D eigenvalue weighted by Gasteiger charge is 2.34. The summed E-state index contributed by atoms with van der Waals surface area (Å²) in [6, 6.07) is 31.4. The molecule has 0 aliphatic rings. The molecule has 0 atom stereocenters. The lowest BCUT2D eigenvalue weighted by molar-refractivity contribution is -0.0380. The molecule has 0 radical (unpaired) electrons. The molecular weight excluding hydrogens is 392 g/mol. The average Bonchev–Trinajstić information content (AvgIpc) is 2.86. The van der Waals surface area contributed by atoms with Gasteiger partial charge in [-0.2, -0.15) is 0 Å². The predicted molar refractivity (Wildman–Crippen MR) is 134 cm³/mol. The summed E-state index contributed by atoms with van der Waals surface area (Å²) in [6.45, 7) is 3.34. The van der Waals surface area contributed by atoms with Gasteiger partial charge in [-0.15, -0.1) is 0 Å². The first-order valence-electron chi connectivity index (χ1n) is 12.3. The summed E-state index contributed by atoms with van der Waals surface area (Å²) < 4.78 is 12.7. The molecule has 3 aromatic carbocycles. The van der Waals surface area contributed by atoms with Crippen LogP contribution in [0.1, 0.15) is 69.4 Å². The van der Waals surface area contributed by atoms with Crippen LogP contribution in [-0.4, -0.2) is 13.2 Å². The van der Waals surface area contributed by atoms with Crippen molar-refractivity contribution in [2.75, 3.05) is 13.2 Å². The molecule has 0 bridgehead atoms. The lowest BCUT2D eigenvalue weighted by Gasteiger charge is -2.35. The molecule has 2 nitrogen and oxygen atoms in total. The maximum atomic E-state index is 6.74. The van der Waals surface area contributed by atoms with Crippen molar-refractivity contribution in [3.05, 3.63) is 102 Å². The van der Waals surface area contributed by atoms with Gasteiger partial charge in [-0.05, 0) is 36.1 Å². The molecule has 2 heteroatoms. The monoisotopic (exact) mass is 430 g/mol. The van der Waals surface area contributed by atoms with Gasteiger partial charge < -0.3 is 9.47 Å². The van der Waals surface area contributed by atoms with Gasteiger partial charge >= 0.3 is 0 Å². The van der Waals surface area contributed by atoms with Gasteiger partial charge in [-0.3, -0.25) is 0 Å². The van der Waals surface area contributed by atoms with Crippen molar-refractivity contribution in [2.45, 2.75) is 63.9 Å². The Kier molecular flexibility index (Phi) is 10.3. The Bertz CT molecular complexity index is 806. The Morgan fingerprint density at radius 3 is 1.62 bits per heavy atom. The smallest absolute Gasteiger partial charge is 0.119 e. The van der Waals surface area contributed by atoms with Crippen molar-refractivity contribution in [3.8, 4) is 5.75 Å². The molecule has 0 amide bonds. The van der Waals surface area contributed by atoms with E-state index in [0.717, 1.165) is 18.6 Å². The van der Waals surface area contributed by atoms with Crippen LogP contribution < -0.4 is 4.74 Å². The van der Waals surface area contributed by atoms with Gasteiger partial charge in [0, 0.05) is 0 Å². The van der Waals surface area contributed by atoms with Gasteiger partial charge in [-0.1, -0.05) is 124 Å². The topological polar surface area (TPSA) is 18.5 Å². The molecule has 0 spiro atoms. The zero-order chi connectivity index (χ0) is 22.3. The van der Waals surface area contributed by atoms with Crippen LogP contribution in [0.15, 0.2) is 91.0 Å². The van der Waals surface area contributed by atoms with Crippen LogP contribution in [0.2, 0.25) is 0 Å². The first-order chi connectivity index (χ1) is 15.8. The third-order valence-corrected chi connectivity index (χ3v) is 6.06. The molecule has 0 fully saturated rings. The molecule has 32 heavy (non-hydrogen) atoms. The maximum Gasteiger partial charge on any atom is 0.119 e. The number of ether oxygens (including phenoxy) is 2. The van der Waals surface area contributed by atoms with E-state index in [0.29, 0.717) is 13.2 Å². The van der Waals surface area contributed by atoms with Gasteiger partial charge in [0.25, 0.3) is 0 Å². The number of benzene rings is 3. The van der Waals surface area contributed by atoms with Gasteiger partial charge in [0.2, 0.25) is 0 Å². The summed E-state index contributed by atoms with van der Waals surface area (Å²) in [6.07, 6.45) is 10.0. The fraction of sp³-hybridized carbons (Fsp3) is 0.400. The zero-order valence-corrected chi connectivity index (χ0v) is 19.5. The van der Waals surface area contributed by atoms with E-state index in [1.165, 1.54) is 49.7 Å². The van der Waals surface area contributed by atoms with Crippen molar-refractivity contribution >= 4 is 0 Å². The fourth-order valence-electron chi connectivity index (χ4n) is 4.33. The molecule has 3 rings (SSSR count). The van der Waals surface area contributed by atoms with Gasteiger partial charge in [-0.25, -0.2) is 0 Å². The molecule has 0 N–H and O–H groups in total. The highest BCUT2D eigenvalue weighted by atomic mass is 16.5. The molecular formula is C30H38O2. The first kappa shape index (κ1) is 24.1. The summed E-state index contributed by atoms with van der Waals surface area (Å²) in [5, 5.41) is 0. The quantitative estimate of drug-likeness (QED) is 0.226. The minimum Gasteiger partial charge on any atom is -0.491 e. The number of hydrogen-bond acceptors (Lipinski definition) is 2. The Labute approximate surface area is 194 Å². The minimum atomic E-state index is -0.452. The second-order valence-electron chi connectivity index (χ2n) is 8.44. The summed E-state index contributed by atoms with van der Waals surface area (Å²) in [4.78, 5) is 0. The van der Waals surface area contributed by atoms with Crippen LogP contribution in [-0.2, 0) is 10.3 Å². The SMILES string of the molecule is CCCCCCCCCC(OCCOc1ccccc1)(c1ccccc1)c1ccccc1. The highest BCUT2D eigenvalue weighted by molar-refractivity contribution is 5.36. The van der Waals surface area contributed by atoms with Crippen LogP contribution >= 0.6 is 0 Å². The molecule has 0 saturated heterocycles. The standard InChI is InChI=1S/C30H38O2/c1-2-3-4-5-6-7-17-24-30(27-18-11-8-12-19-27,28-20-13-9-14-21-28)32-26-25-31-29-22-15-10-16-23-29/h8-16,18-23H,2-7,17,24-26H2,1H3. The van der Waals surface area contributed by atoms with Gasteiger partial charge in [0.05, 0.1) is 6.61 Å². The van der Waals surface area contributed by atoms with Gasteiger partial charge in [0.1, 0.15) is 18.0 Å². The van der Waals surface area contributed by atoms with Gasteiger partial charge in [0.15, 0.2) is 0 Å². The molecule has 0 heterocycles. The normalized spacial score (nSPS) is 11.4. The highest BCUT2D eigenvalue weighted by Crippen LogP contribution is 2.38. The largest absolute Gasteiger partial charge is 0.491 e. The summed E-state index contributed by atoms with van der Waals surface area (Å²) in [7, 11) is 0. The summed E-state index contributed by atoms with van der Waals surface area (Å²) >= 11 is 0. The first-order valence-corrected chi connectivity index (χ1v) is 12.3. The van der Waals surface area contributed by atoms with Crippen LogP contribution in [0.3, 0.4) is 0 Å². The molecule has 0 aliphatic carbocycles. The molecule has 170 valence electrons. The molecule has 0 unspecified atom stereocenters. The third-order valence-electron chi connectivity index (χ3n) is 6.06. The van der Waals surface area contributed by atoms with Crippen LogP contribution in [0.25, 0.3) is 0 Å². The molecule has 0 saturated carbocycles.